The molecule has 1 aliphatic heterocycles. The van der Waals surface area contributed by atoms with E-state index in [1.165, 1.54) is 0 Å². The van der Waals surface area contributed by atoms with Gasteiger partial charge in [0.1, 0.15) is 0 Å². The second-order valence-electron chi connectivity index (χ2n) is 5.52. The SMILES string of the molecule is CC1(C)OCC(Nc2cnc(-c3ccccc3)nc2)CO1. The van der Waals surface area contributed by atoms with Crippen LogP contribution in [0.5, 0.6) is 0 Å². The van der Waals surface area contributed by atoms with E-state index in [4.69, 9.17) is 9.47 Å². The van der Waals surface area contributed by atoms with E-state index in [9.17, 15) is 0 Å². The Morgan fingerprint density at radius 3 is 2.29 bits per heavy atom. The molecule has 0 radical (unpaired) electrons. The van der Waals surface area contributed by atoms with Gasteiger partial charge in [0.25, 0.3) is 0 Å². The maximum absolute atomic E-state index is 5.62. The summed E-state index contributed by atoms with van der Waals surface area (Å²) in [6.07, 6.45) is 3.57. The van der Waals surface area contributed by atoms with Crippen LogP contribution in [0, 0.1) is 0 Å². The molecule has 110 valence electrons. The van der Waals surface area contributed by atoms with E-state index in [1.54, 1.807) is 12.4 Å². The molecule has 5 heteroatoms. The van der Waals surface area contributed by atoms with Crippen LogP contribution in [-0.2, 0) is 9.47 Å². The number of nitrogens with one attached hydrogen (secondary N) is 1. The Hall–Kier alpha value is -1.98. The summed E-state index contributed by atoms with van der Waals surface area (Å²) >= 11 is 0. The van der Waals surface area contributed by atoms with Gasteiger partial charge in [-0.05, 0) is 13.8 Å². The fourth-order valence-electron chi connectivity index (χ4n) is 2.15. The topological polar surface area (TPSA) is 56.3 Å². The molecule has 1 aromatic carbocycles. The summed E-state index contributed by atoms with van der Waals surface area (Å²) in [6.45, 7) is 5.04. The van der Waals surface area contributed by atoms with Gasteiger partial charge in [0.15, 0.2) is 11.6 Å². The van der Waals surface area contributed by atoms with Crippen LogP contribution < -0.4 is 5.32 Å². The third-order valence-corrected chi connectivity index (χ3v) is 3.32. The van der Waals surface area contributed by atoms with Crippen molar-refractivity contribution in [1.29, 1.82) is 0 Å². The normalized spacial score (nSPS) is 18.4. The lowest BCUT2D eigenvalue weighted by Gasteiger charge is -2.35. The number of ether oxygens (including phenoxy) is 2. The van der Waals surface area contributed by atoms with Crippen molar-refractivity contribution in [2.75, 3.05) is 18.5 Å². The zero-order valence-electron chi connectivity index (χ0n) is 12.2. The van der Waals surface area contributed by atoms with Gasteiger partial charge in [0.05, 0.1) is 37.3 Å². The molecule has 5 nitrogen and oxygen atoms in total. The maximum atomic E-state index is 5.62. The molecule has 1 fully saturated rings. The summed E-state index contributed by atoms with van der Waals surface area (Å²) in [5.74, 6) is 0.227. The average Bonchev–Trinajstić information content (AvgIpc) is 2.51. The number of benzene rings is 1. The summed E-state index contributed by atoms with van der Waals surface area (Å²) in [4.78, 5) is 8.78. The molecule has 0 bridgehead atoms. The van der Waals surface area contributed by atoms with Crippen LogP contribution in [-0.4, -0.2) is 35.0 Å². The Balaban J connectivity index is 1.63. The molecule has 1 N–H and O–H groups in total. The number of hydrogen-bond acceptors (Lipinski definition) is 5. The molecule has 1 aromatic heterocycles. The van der Waals surface area contributed by atoms with E-state index < -0.39 is 5.79 Å². The minimum absolute atomic E-state index is 0.115. The van der Waals surface area contributed by atoms with Crippen molar-refractivity contribution in [3.63, 3.8) is 0 Å². The van der Waals surface area contributed by atoms with Crippen LogP contribution in [0.15, 0.2) is 42.7 Å². The highest BCUT2D eigenvalue weighted by atomic mass is 16.7. The highest BCUT2D eigenvalue weighted by Gasteiger charge is 2.28. The Morgan fingerprint density at radius 1 is 1.05 bits per heavy atom. The molecule has 0 atom stereocenters. The van der Waals surface area contributed by atoms with Gasteiger partial charge in [-0.15, -0.1) is 0 Å². The number of aromatic nitrogens is 2. The highest BCUT2D eigenvalue weighted by Crippen LogP contribution is 2.20. The van der Waals surface area contributed by atoms with E-state index in [0.717, 1.165) is 17.1 Å². The van der Waals surface area contributed by atoms with E-state index in [-0.39, 0.29) is 6.04 Å². The molecule has 1 aliphatic rings. The predicted molar refractivity (Wildman–Crippen MR) is 80.9 cm³/mol. The lowest BCUT2D eigenvalue weighted by molar-refractivity contribution is -0.247. The Kier molecular flexibility index (Phi) is 3.86. The molecule has 0 spiro atoms. The Morgan fingerprint density at radius 2 is 1.67 bits per heavy atom. The van der Waals surface area contributed by atoms with Gasteiger partial charge in [-0.1, -0.05) is 30.3 Å². The minimum Gasteiger partial charge on any atom is -0.375 e. The quantitative estimate of drug-likeness (QED) is 0.939. The Bertz CT molecular complexity index is 574. The largest absolute Gasteiger partial charge is 0.375 e. The molecular weight excluding hydrogens is 266 g/mol. The predicted octanol–water partition coefficient (Wildman–Crippen LogP) is 2.71. The summed E-state index contributed by atoms with van der Waals surface area (Å²) in [6, 6.07) is 10.0. The fraction of sp³-hybridized carbons (Fsp3) is 0.375. The van der Waals surface area contributed by atoms with E-state index in [2.05, 4.69) is 15.3 Å². The van der Waals surface area contributed by atoms with Crippen LogP contribution in [0.1, 0.15) is 13.8 Å². The highest BCUT2D eigenvalue weighted by molar-refractivity contribution is 5.55. The third-order valence-electron chi connectivity index (χ3n) is 3.32. The number of hydrogen-bond donors (Lipinski definition) is 1. The van der Waals surface area contributed by atoms with Crippen molar-refractivity contribution < 1.29 is 9.47 Å². The van der Waals surface area contributed by atoms with Gasteiger partial charge in [-0.25, -0.2) is 9.97 Å². The number of anilines is 1. The second-order valence-corrected chi connectivity index (χ2v) is 5.52. The Labute approximate surface area is 124 Å². The van der Waals surface area contributed by atoms with Gasteiger partial charge >= 0.3 is 0 Å². The summed E-state index contributed by atoms with van der Waals surface area (Å²) < 4.78 is 11.2. The first-order valence-corrected chi connectivity index (χ1v) is 7.04. The van der Waals surface area contributed by atoms with Gasteiger partial charge in [-0.2, -0.15) is 0 Å². The van der Waals surface area contributed by atoms with Crippen LogP contribution in [0.4, 0.5) is 5.69 Å². The first kappa shape index (κ1) is 14.0. The van der Waals surface area contributed by atoms with Crippen molar-refractivity contribution in [3.8, 4) is 11.4 Å². The monoisotopic (exact) mass is 285 g/mol. The third kappa shape index (κ3) is 3.56. The van der Waals surface area contributed by atoms with Crippen LogP contribution in [0.2, 0.25) is 0 Å². The smallest absolute Gasteiger partial charge is 0.162 e. The summed E-state index contributed by atoms with van der Waals surface area (Å²) in [5.41, 5.74) is 1.88. The van der Waals surface area contributed by atoms with Crippen LogP contribution in [0.3, 0.4) is 0 Å². The summed E-state index contributed by atoms with van der Waals surface area (Å²) in [7, 11) is 0. The average molecular weight is 285 g/mol. The van der Waals surface area contributed by atoms with Crippen molar-refractivity contribution in [2.45, 2.75) is 25.7 Å². The fourth-order valence-corrected chi connectivity index (χ4v) is 2.15. The zero-order valence-corrected chi connectivity index (χ0v) is 12.2. The second kappa shape index (κ2) is 5.79. The molecule has 0 unspecified atom stereocenters. The van der Waals surface area contributed by atoms with Crippen molar-refractivity contribution in [3.05, 3.63) is 42.7 Å². The summed E-state index contributed by atoms with van der Waals surface area (Å²) in [5, 5.41) is 3.32. The molecule has 3 rings (SSSR count). The molecular formula is C16H19N3O2. The molecule has 0 amide bonds. The number of rotatable bonds is 3. The molecule has 2 heterocycles. The van der Waals surface area contributed by atoms with Gasteiger partial charge in [-0.3, -0.25) is 0 Å². The molecule has 0 aliphatic carbocycles. The van der Waals surface area contributed by atoms with Crippen LogP contribution >= 0.6 is 0 Å². The van der Waals surface area contributed by atoms with Crippen molar-refractivity contribution in [2.24, 2.45) is 0 Å². The van der Waals surface area contributed by atoms with Crippen LogP contribution in [0.25, 0.3) is 11.4 Å². The minimum atomic E-state index is -0.494. The lowest BCUT2D eigenvalue weighted by atomic mass is 10.2. The zero-order chi connectivity index (χ0) is 14.7. The molecule has 0 saturated carbocycles. The number of nitrogens with zero attached hydrogens (tertiary/aromatic N) is 2. The standard InChI is InChI=1S/C16H19N3O2/c1-16(2)20-10-14(11-21-16)19-13-8-17-15(18-9-13)12-6-4-3-5-7-12/h3-9,14,19H,10-11H2,1-2H3. The van der Waals surface area contributed by atoms with Gasteiger partial charge < -0.3 is 14.8 Å². The van der Waals surface area contributed by atoms with Gasteiger partial charge in [0, 0.05) is 5.56 Å². The van der Waals surface area contributed by atoms with E-state index >= 15 is 0 Å². The van der Waals surface area contributed by atoms with Gasteiger partial charge in [0.2, 0.25) is 0 Å². The van der Waals surface area contributed by atoms with E-state index in [0.29, 0.717) is 13.2 Å². The first-order chi connectivity index (χ1) is 10.1. The van der Waals surface area contributed by atoms with Crippen molar-refractivity contribution in [1.82, 2.24) is 9.97 Å². The maximum Gasteiger partial charge on any atom is 0.162 e. The lowest BCUT2D eigenvalue weighted by Crippen LogP contribution is -2.45. The molecule has 2 aromatic rings. The first-order valence-electron chi connectivity index (χ1n) is 7.04. The molecule has 1 saturated heterocycles. The molecule has 21 heavy (non-hydrogen) atoms. The van der Waals surface area contributed by atoms with Crippen molar-refractivity contribution >= 4 is 5.69 Å². The van der Waals surface area contributed by atoms with E-state index in [1.807, 2.05) is 44.2 Å².